The molecule has 0 atom stereocenters. The Kier molecular flexibility index (Phi) is 4.47. The van der Waals surface area contributed by atoms with E-state index >= 15 is 0 Å². The molecular weight excluding hydrogens is 361 g/mol. The molecule has 0 N–H and O–H groups in total. The first-order chi connectivity index (χ1) is 3.25. The van der Waals surface area contributed by atoms with Gasteiger partial charge in [0.2, 0.25) is 0 Å². The Bertz CT molecular complexity index is 223. The van der Waals surface area contributed by atoms with Crippen molar-refractivity contribution in [1.82, 2.24) is 0 Å². The van der Waals surface area contributed by atoms with E-state index in [2.05, 4.69) is 0 Å². The summed E-state index contributed by atoms with van der Waals surface area (Å²) in [6, 6.07) is 0. The van der Waals surface area contributed by atoms with Gasteiger partial charge in [0.1, 0.15) is 0 Å². The maximum absolute atomic E-state index is 9.20. The molecule has 0 saturated carbocycles. The molecule has 0 radical (unpaired) electrons. The van der Waals surface area contributed by atoms with Crippen molar-refractivity contribution in [3.05, 3.63) is 0 Å². The van der Waals surface area contributed by atoms with Crippen molar-refractivity contribution < 1.29 is 53.6 Å². The van der Waals surface area contributed by atoms with Gasteiger partial charge in [-0.3, -0.25) is 0 Å². The van der Waals surface area contributed by atoms with Crippen LogP contribution in [0.5, 0.6) is 0 Å². The van der Waals surface area contributed by atoms with E-state index < -0.39 is 18.3 Å². The van der Waals surface area contributed by atoms with Gasteiger partial charge in [0, 0.05) is 0 Å². The van der Waals surface area contributed by atoms with Crippen molar-refractivity contribution in [2.75, 3.05) is 0 Å². The Hall–Kier alpha value is 0.755. The van der Waals surface area contributed by atoms with Crippen molar-refractivity contribution in [3.63, 3.8) is 0 Å². The van der Waals surface area contributed by atoms with Gasteiger partial charge in [0.25, 0.3) is 0 Å². The SMILES string of the molecule is O=S(=O)([O-])S(=O)(=O)[O-].[Hg+2]. The van der Waals surface area contributed by atoms with Crippen LogP contribution in [0, 0.1) is 0 Å². The summed E-state index contributed by atoms with van der Waals surface area (Å²) in [4.78, 5) is 0. The first-order valence-corrected chi connectivity index (χ1v) is 4.50. The van der Waals surface area contributed by atoms with Gasteiger partial charge in [0.05, 0.1) is 0 Å². The average molecular weight is 361 g/mol. The van der Waals surface area contributed by atoms with Gasteiger partial charge in [-0.25, -0.2) is 16.8 Å². The van der Waals surface area contributed by atoms with Gasteiger partial charge in [-0.1, -0.05) is 0 Å². The van der Waals surface area contributed by atoms with Crippen LogP contribution >= 0.6 is 0 Å². The van der Waals surface area contributed by atoms with E-state index in [1.54, 1.807) is 0 Å². The van der Waals surface area contributed by atoms with Crippen molar-refractivity contribution in [3.8, 4) is 0 Å². The zero-order valence-electron chi connectivity index (χ0n) is 3.97. The zero-order valence-corrected chi connectivity index (χ0v) is 11.1. The fraction of sp³-hybridized carbons (Fsp3) is 0. The first-order valence-electron chi connectivity index (χ1n) is 1.17. The fourth-order valence-corrected chi connectivity index (χ4v) is 0. The van der Waals surface area contributed by atoms with Gasteiger partial charge >= 0.3 is 27.7 Å². The van der Waals surface area contributed by atoms with Crippen LogP contribution in [0.2, 0.25) is 0 Å². The molecule has 0 aromatic heterocycles. The third-order valence-electron chi connectivity index (χ3n) is 0.250. The third-order valence-corrected chi connectivity index (χ3v) is 2.25. The number of hydrogen-bond acceptors (Lipinski definition) is 6. The summed E-state index contributed by atoms with van der Waals surface area (Å²) in [6.07, 6.45) is 0. The Morgan fingerprint density at radius 2 is 0.889 bits per heavy atom. The van der Waals surface area contributed by atoms with Crippen LogP contribution in [-0.4, -0.2) is 25.9 Å². The van der Waals surface area contributed by atoms with Crippen LogP contribution in [-0.2, 0) is 46.0 Å². The quantitative estimate of drug-likeness (QED) is 0.303. The van der Waals surface area contributed by atoms with E-state index in [1.165, 1.54) is 0 Å². The molecule has 0 fully saturated rings. The van der Waals surface area contributed by atoms with E-state index in [4.69, 9.17) is 0 Å². The van der Waals surface area contributed by atoms with E-state index in [-0.39, 0.29) is 27.7 Å². The monoisotopic (exact) mass is 362 g/mol. The van der Waals surface area contributed by atoms with Crippen LogP contribution < -0.4 is 0 Å². The number of rotatable bonds is 1. The molecule has 0 aliphatic heterocycles. The Morgan fingerprint density at radius 3 is 0.889 bits per heavy atom. The van der Waals surface area contributed by atoms with Gasteiger partial charge in [-0.15, -0.1) is 0 Å². The van der Waals surface area contributed by atoms with Crippen molar-refractivity contribution in [2.24, 2.45) is 0 Å². The van der Waals surface area contributed by atoms with Gasteiger partial charge < -0.3 is 9.11 Å². The summed E-state index contributed by atoms with van der Waals surface area (Å²) in [5, 5.41) is 0. The molecule has 0 bridgehead atoms. The van der Waals surface area contributed by atoms with Crippen LogP contribution in [0.1, 0.15) is 0 Å². The van der Waals surface area contributed by atoms with Crippen LogP contribution in [0.3, 0.4) is 0 Å². The first kappa shape index (κ1) is 12.4. The van der Waals surface area contributed by atoms with Gasteiger partial charge in [-0.05, 0) is 0 Å². The molecule has 0 unspecified atom stereocenters. The minimum atomic E-state index is -5.67. The average Bonchev–Trinajstić information content (AvgIpc) is 1.25. The van der Waals surface area contributed by atoms with Crippen LogP contribution in [0.4, 0.5) is 0 Å². The topological polar surface area (TPSA) is 114 Å². The molecule has 50 valence electrons. The predicted octanol–water partition coefficient (Wildman–Crippen LogP) is -2.01. The summed E-state index contributed by atoms with van der Waals surface area (Å²) in [7, 11) is -11.3. The Balaban J connectivity index is 0. The van der Waals surface area contributed by atoms with Crippen molar-refractivity contribution in [2.45, 2.75) is 0 Å². The second kappa shape index (κ2) is 3.24. The molecule has 0 aliphatic rings. The molecule has 9 heavy (non-hydrogen) atoms. The third kappa shape index (κ3) is 4.20. The minimum absolute atomic E-state index is 0. The molecule has 6 nitrogen and oxygen atoms in total. The fourth-order valence-electron chi connectivity index (χ4n) is 0. The zero-order chi connectivity index (χ0) is 7.00. The normalized spacial score (nSPS) is 12.2. The summed E-state index contributed by atoms with van der Waals surface area (Å²) < 4.78 is 55.2. The van der Waals surface area contributed by atoms with Crippen LogP contribution in [0.15, 0.2) is 0 Å². The molecule has 0 aromatic carbocycles. The molecule has 9 heteroatoms. The second-order valence-electron chi connectivity index (χ2n) is 0.816. The summed E-state index contributed by atoms with van der Waals surface area (Å²) in [5.41, 5.74) is 0. The summed E-state index contributed by atoms with van der Waals surface area (Å²) >= 11 is 0. The van der Waals surface area contributed by atoms with Gasteiger partial charge in [-0.2, -0.15) is 0 Å². The standard InChI is InChI=1S/Hg.H2O6S2/c;1-7(2,3)8(4,5)6/h;(H,1,2,3)(H,4,5,6)/q+2;/p-2. The van der Waals surface area contributed by atoms with E-state index in [0.29, 0.717) is 0 Å². The molecule has 0 spiro atoms. The molecular formula is HgO6S2. The molecule has 0 rings (SSSR count). The predicted molar refractivity (Wildman–Crippen MR) is 19.4 cm³/mol. The van der Waals surface area contributed by atoms with E-state index in [0.717, 1.165) is 0 Å². The molecule has 0 amide bonds. The number of hydrogen-bond donors (Lipinski definition) is 0. The van der Waals surface area contributed by atoms with E-state index in [1.807, 2.05) is 0 Å². The second-order valence-corrected chi connectivity index (χ2v) is 4.90. The smallest absolute Gasteiger partial charge is 0.736 e. The Labute approximate surface area is 71.7 Å². The van der Waals surface area contributed by atoms with Gasteiger partial charge in [0.15, 0.2) is 18.3 Å². The Morgan fingerprint density at radius 1 is 0.778 bits per heavy atom. The van der Waals surface area contributed by atoms with Crippen molar-refractivity contribution in [1.29, 1.82) is 0 Å². The van der Waals surface area contributed by atoms with Crippen LogP contribution in [0.25, 0.3) is 0 Å². The minimum Gasteiger partial charge on any atom is -0.736 e. The molecule has 0 aliphatic carbocycles. The summed E-state index contributed by atoms with van der Waals surface area (Å²) in [5.74, 6) is 0. The largest absolute Gasteiger partial charge is 2.00 e. The maximum Gasteiger partial charge on any atom is 2.00 e. The summed E-state index contributed by atoms with van der Waals surface area (Å²) in [6.45, 7) is 0. The van der Waals surface area contributed by atoms with Crippen molar-refractivity contribution >= 4 is 18.3 Å². The molecule has 0 heterocycles. The van der Waals surface area contributed by atoms with E-state index in [9.17, 15) is 25.9 Å². The molecule has 0 saturated heterocycles. The molecule has 0 aromatic rings. The maximum atomic E-state index is 9.20.